The van der Waals surface area contributed by atoms with Crippen molar-refractivity contribution >= 4 is 17.7 Å². The summed E-state index contributed by atoms with van der Waals surface area (Å²) in [6.45, 7) is 6.26. The van der Waals surface area contributed by atoms with E-state index in [1.165, 1.54) is 6.20 Å². The van der Waals surface area contributed by atoms with Crippen LogP contribution in [0.3, 0.4) is 0 Å². The second-order valence-electron chi connectivity index (χ2n) is 8.94. The van der Waals surface area contributed by atoms with Crippen LogP contribution in [-0.4, -0.2) is 72.5 Å². The number of nitrogens with zero attached hydrogens (tertiary/aromatic N) is 6. The van der Waals surface area contributed by atoms with Gasteiger partial charge in [0.05, 0.1) is 43.0 Å². The molecule has 0 saturated carbocycles. The summed E-state index contributed by atoms with van der Waals surface area (Å²) in [5, 5.41) is 0. The molecular weight excluding hydrogens is 396 g/mol. The molecule has 4 aliphatic rings. The minimum atomic E-state index is -2.79. The van der Waals surface area contributed by atoms with Crippen molar-refractivity contribution in [3.63, 3.8) is 0 Å². The molecule has 0 atom stereocenters. The molecule has 0 aromatic carbocycles. The van der Waals surface area contributed by atoms with Gasteiger partial charge in [-0.2, -0.15) is 4.98 Å². The molecule has 30 heavy (non-hydrogen) atoms. The highest BCUT2D eigenvalue weighted by atomic mass is 19.3. The first-order chi connectivity index (χ1) is 14.4. The zero-order chi connectivity index (χ0) is 20.5. The number of halogens is 2. The van der Waals surface area contributed by atoms with Crippen molar-refractivity contribution in [3.05, 3.63) is 18.0 Å². The Morgan fingerprint density at radius 1 is 0.933 bits per heavy atom. The van der Waals surface area contributed by atoms with Gasteiger partial charge in [0.25, 0.3) is 6.43 Å². The fraction of sp³-hybridized carbons (Fsp3) is 0.579. The Kier molecular flexibility index (Phi) is 3.73. The predicted molar refractivity (Wildman–Crippen MR) is 103 cm³/mol. The molecular formula is C19H21F2N7O2. The van der Waals surface area contributed by atoms with Gasteiger partial charge in [0.1, 0.15) is 11.5 Å². The first kappa shape index (κ1) is 18.1. The van der Waals surface area contributed by atoms with Crippen molar-refractivity contribution < 1.29 is 18.3 Å². The Hall–Kier alpha value is -2.66. The number of anilines is 3. The molecule has 4 saturated heterocycles. The molecule has 0 radical (unpaired) electrons. The maximum atomic E-state index is 13.6. The molecule has 0 amide bonds. The lowest BCUT2D eigenvalue weighted by Gasteiger charge is -2.56. The van der Waals surface area contributed by atoms with Crippen molar-refractivity contribution in [2.24, 2.45) is 10.8 Å². The molecule has 4 aliphatic heterocycles. The van der Waals surface area contributed by atoms with E-state index in [-0.39, 0.29) is 22.3 Å². The summed E-state index contributed by atoms with van der Waals surface area (Å²) in [4.78, 5) is 21.2. The highest BCUT2D eigenvalue weighted by Gasteiger charge is 2.51. The third-order valence-corrected chi connectivity index (χ3v) is 6.37. The highest BCUT2D eigenvalue weighted by Crippen LogP contribution is 2.43. The van der Waals surface area contributed by atoms with Gasteiger partial charge in [-0.15, -0.1) is 0 Å². The van der Waals surface area contributed by atoms with E-state index < -0.39 is 12.1 Å². The predicted octanol–water partition coefficient (Wildman–Crippen LogP) is 1.13. The third kappa shape index (κ3) is 2.72. The maximum Gasteiger partial charge on any atom is 0.281 e. The number of nitrogen functional groups attached to an aromatic ring is 1. The monoisotopic (exact) mass is 417 g/mol. The Bertz CT molecular complexity index is 948. The molecule has 2 aromatic heterocycles. The van der Waals surface area contributed by atoms with E-state index >= 15 is 0 Å². The van der Waals surface area contributed by atoms with Gasteiger partial charge in [0.2, 0.25) is 11.9 Å². The zero-order valence-electron chi connectivity index (χ0n) is 16.2. The van der Waals surface area contributed by atoms with Crippen LogP contribution in [0.5, 0.6) is 0 Å². The summed E-state index contributed by atoms with van der Waals surface area (Å²) in [6.07, 6.45) is -1.47. The number of hydrogen-bond acceptors (Lipinski definition) is 9. The molecule has 0 bridgehead atoms. The minimum Gasteiger partial charge on any atom is -0.380 e. The second-order valence-corrected chi connectivity index (χ2v) is 8.94. The summed E-state index contributed by atoms with van der Waals surface area (Å²) in [6, 6.07) is 1.73. The van der Waals surface area contributed by atoms with E-state index in [2.05, 4.69) is 24.8 Å². The van der Waals surface area contributed by atoms with Gasteiger partial charge in [0, 0.05) is 44.0 Å². The quantitative estimate of drug-likeness (QED) is 0.784. The molecule has 2 aromatic rings. The van der Waals surface area contributed by atoms with Crippen LogP contribution in [0.1, 0.15) is 12.1 Å². The van der Waals surface area contributed by atoms with Crippen molar-refractivity contribution in [1.82, 2.24) is 19.9 Å². The third-order valence-electron chi connectivity index (χ3n) is 6.37. The maximum absolute atomic E-state index is 13.6. The van der Waals surface area contributed by atoms with E-state index in [0.717, 1.165) is 58.4 Å². The fourth-order valence-electron chi connectivity index (χ4n) is 4.61. The van der Waals surface area contributed by atoms with Crippen molar-refractivity contribution in [3.8, 4) is 11.3 Å². The van der Waals surface area contributed by atoms with Gasteiger partial charge < -0.3 is 25.0 Å². The number of aromatic nitrogens is 4. The van der Waals surface area contributed by atoms with E-state index in [9.17, 15) is 8.78 Å². The molecule has 6 rings (SSSR count). The van der Waals surface area contributed by atoms with Gasteiger partial charge in [-0.3, -0.25) is 0 Å². The lowest BCUT2D eigenvalue weighted by molar-refractivity contribution is -0.127. The van der Waals surface area contributed by atoms with Gasteiger partial charge in [-0.25, -0.2) is 23.7 Å². The lowest BCUT2D eigenvalue weighted by atomic mass is 9.78. The van der Waals surface area contributed by atoms with Crippen LogP contribution in [0.25, 0.3) is 11.3 Å². The van der Waals surface area contributed by atoms with Crippen molar-refractivity contribution in [1.29, 1.82) is 0 Å². The number of ether oxygens (including phenoxy) is 2. The number of alkyl halides is 2. The Labute approximate surface area is 171 Å². The first-order valence-corrected chi connectivity index (χ1v) is 9.90. The minimum absolute atomic E-state index is 0.175. The van der Waals surface area contributed by atoms with Gasteiger partial charge in [-0.05, 0) is 0 Å². The molecule has 11 heteroatoms. The summed E-state index contributed by atoms with van der Waals surface area (Å²) >= 11 is 0. The second kappa shape index (κ2) is 6.17. The normalized spacial score (nSPS) is 23.2. The molecule has 4 fully saturated rings. The Morgan fingerprint density at radius 2 is 1.57 bits per heavy atom. The van der Waals surface area contributed by atoms with E-state index in [4.69, 9.17) is 20.2 Å². The standard InChI is InChI=1S/C19H21F2N7O2/c20-15(21)14-11(2-23-16(22)26-14)12-1-13(27-3-18(4-27)7-29-8-18)25-17(24-12)28-5-19(6-28)9-30-10-19/h1-2,15H,3-10H2,(H2,22,23,26). The average molecular weight is 417 g/mol. The molecule has 2 spiro atoms. The van der Waals surface area contributed by atoms with Crippen LogP contribution in [0.2, 0.25) is 0 Å². The molecule has 0 aliphatic carbocycles. The van der Waals surface area contributed by atoms with Crippen LogP contribution >= 0.6 is 0 Å². The van der Waals surface area contributed by atoms with Crippen LogP contribution in [0.15, 0.2) is 12.3 Å². The molecule has 158 valence electrons. The largest absolute Gasteiger partial charge is 0.380 e. The van der Waals surface area contributed by atoms with Gasteiger partial charge >= 0.3 is 0 Å². The first-order valence-electron chi connectivity index (χ1n) is 9.90. The summed E-state index contributed by atoms with van der Waals surface area (Å²) in [5.41, 5.74) is 6.05. The topological polar surface area (TPSA) is 103 Å². The number of nitrogens with two attached hydrogens (primary N) is 1. The SMILES string of the molecule is Nc1ncc(-c2cc(N3CC4(COC4)C3)nc(N3CC4(COC4)C3)n2)c(C(F)F)n1. The van der Waals surface area contributed by atoms with Crippen LogP contribution in [0.4, 0.5) is 26.5 Å². The molecule has 6 heterocycles. The smallest absolute Gasteiger partial charge is 0.281 e. The van der Waals surface area contributed by atoms with Gasteiger partial charge in [-0.1, -0.05) is 0 Å². The van der Waals surface area contributed by atoms with E-state index in [1.807, 2.05) is 0 Å². The van der Waals surface area contributed by atoms with Crippen LogP contribution in [-0.2, 0) is 9.47 Å². The highest BCUT2D eigenvalue weighted by molar-refractivity contribution is 5.68. The molecule has 0 unspecified atom stereocenters. The Morgan fingerprint density at radius 3 is 2.13 bits per heavy atom. The molecule has 9 nitrogen and oxygen atoms in total. The van der Waals surface area contributed by atoms with Crippen LogP contribution in [0, 0.1) is 10.8 Å². The zero-order valence-corrected chi connectivity index (χ0v) is 16.2. The summed E-state index contributed by atoms with van der Waals surface area (Å²) in [7, 11) is 0. The van der Waals surface area contributed by atoms with E-state index in [1.54, 1.807) is 6.07 Å². The van der Waals surface area contributed by atoms with E-state index in [0.29, 0.717) is 11.6 Å². The summed E-state index contributed by atoms with van der Waals surface area (Å²) in [5.74, 6) is 1.06. The van der Waals surface area contributed by atoms with Crippen LogP contribution < -0.4 is 15.5 Å². The summed E-state index contributed by atoms with van der Waals surface area (Å²) < 4.78 is 38.0. The fourth-order valence-corrected chi connectivity index (χ4v) is 4.61. The average Bonchev–Trinajstić information content (AvgIpc) is 2.56. The number of rotatable bonds is 4. The Balaban J connectivity index is 1.37. The van der Waals surface area contributed by atoms with Crippen molar-refractivity contribution in [2.45, 2.75) is 6.43 Å². The van der Waals surface area contributed by atoms with Gasteiger partial charge in [0.15, 0.2) is 0 Å². The molecule has 2 N–H and O–H groups in total. The van der Waals surface area contributed by atoms with Crippen molar-refractivity contribution in [2.75, 3.05) is 68.1 Å². The number of hydrogen-bond donors (Lipinski definition) is 1. The lowest BCUT2D eigenvalue weighted by Crippen LogP contribution is -2.67.